The zero-order valence-corrected chi connectivity index (χ0v) is 28.2. The Labute approximate surface area is 262 Å². The zero-order valence-electron chi connectivity index (χ0n) is 28.2. The van der Waals surface area contributed by atoms with Gasteiger partial charge in [0.2, 0.25) is 10.9 Å². The maximum Gasteiger partial charge on any atom is 0.252 e. The van der Waals surface area contributed by atoms with Crippen LogP contribution in [0, 0.1) is 11.8 Å². The van der Waals surface area contributed by atoms with Crippen LogP contribution >= 0.6 is 0 Å². The van der Waals surface area contributed by atoms with Gasteiger partial charge in [0.15, 0.2) is 11.5 Å². The van der Waals surface area contributed by atoms with Crippen molar-refractivity contribution in [2.75, 3.05) is 32.2 Å². The molecule has 1 unspecified atom stereocenters. The van der Waals surface area contributed by atoms with Crippen LogP contribution in [0.25, 0.3) is 12.2 Å². The minimum absolute atomic E-state index is 0.149. The van der Waals surface area contributed by atoms with E-state index in [1.54, 1.807) is 14.2 Å². The van der Waals surface area contributed by atoms with Gasteiger partial charge in [0.25, 0.3) is 5.69 Å². The molecule has 0 fully saturated rings. The molecule has 6 heteroatoms. The van der Waals surface area contributed by atoms with Crippen LogP contribution in [0.1, 0.15) is 79.4 Å². The molecule has 3 aromatic carbocycles. The van der Waals surface area contributed by atoms with Crippen LogP contribution in [0.5, 0.6) is 11.5 Å². The monoisotopic (exact) mass is 597 g/mol. The molecule has 0 N–H and O–H groups in total. The SMILES string of the molecule is COc1cccc2c1N(CCC(C)C)C(C=c1c(=O)c(=CC3=[N+](CCC(C)C)c4c(OC)cccc4C3(C)C)c1=O)C2(C)C. The number of para-hydroxylation sites is 2. The molecule has 1 atom stereocenters. The Hall–Kier alpha value is -3.67. The number of fused-ring (bicyclic) bond motifs is 2. The van der Waals surface area contributed by atoms with Gasteiger partial charge in [0.1, 0.15) is 12.3 Å². The van der Waals surface area contributed by atoms with Crippen molar-refractivity contribution in [1.82, 2.24) is 0 Å². The highest BCUT2D eigenvalue weighted by molar-refractivity contribution is 6.15. The van der Waals surface area contributed by atoms with Gasteiger partial charge in [-0.15, -0.1) is 0 Å². The quantitative estimate of drug-likeness (QED) is 0.301. The molecule has 0 radical (unpaired) electrons. The van der Waals surface area contributed by atoms with Gasteiger partial charge in [0.05, 0.1) is 41.8 Å². The average molecular weight is 598 g/mol. The van der Waals surface area contributed by atoms with Crippen LogP contribution in [-0.2, 0) is 10.8 Å². The van der Waals surface area contributed by atoms with Crippen molar-refractivity contribution in [2.45, 2.75) is 85.1 Å². The van der Waals surface area contributed by atoms with Crippen molar-refractivity contribution < 1.29 is 14.0 Å². The van der Waals surface area contributed by atoms with Gasteiger partial charge >= 0.3 is 0 Å². The molecule has 2 heterocycles. The van der Waals surface area contributed by atoms with E-state index in [0.29, 0.717) is 11.8 Å². The second kappa shape index (κ2) is 11.7. The molecule has 2 aliphatic rings. The molecule has 3 aromatic rings. The van der Waals surface area contributed by atoms with E-state index in [9.17, 15) is 9.59 Å². The minimum atomic E-state index is -0.396. The Morgan fingerprint density at radius 3 is 2.02 bits per heavy atom. The van der Waals surface area contributed by atoms with Crippen LogP contribution in [0.2, 0.25) is 0 Å². The lowest BCUT2D eigenvalue weighted by Crippen LogP contribution is -2.66. The summed E-state index contributed by atoms with van der Waals surface area (Å²) in [6.45, 7) is 19.2. The number of nitrogens with zero attached hydrogens (tertiary/aromatic N) is 2. The number of hydrogen-bond acceptors (Lipinski definition) is 5. The molecule has 5 rings (SSSR count). The lowest BCUT2D eigenvalue weighted by molar-refractivity contribution is -0.439. The van der Waals surface area contributed by atoms with E-state index < -0.39 is 5.41 Å². The number of hydrogen-bond donors (Lipinski definition) is 0. The van der Waals surface area contributed by atoms with Gasteiger partial charge in [-0.25, -0.2) is 0 Å². The van der Waals surface area contributed by atoms with Crippen molar-refractivity contribution in [3.63, 3.8) is 0 Å². The summed E-state index contributed by atoms with van der Waals surface area (Å²) >= 11 is 0. The summed E-state index contributed by atoms with van der Waals surface area (Å²) < 4.78 is 13.9. The number of ether oxygens (including phenoxy) is 2. The van der Waals surface area contributed by atoms with Gasteiger partial charge in [-0.2, -0.15) is 4.58 Å². The predicted molar refractivity (Wildman–Crippen MR) is 181 cm³/mol. The summed E-state index contributed by atoms with van der Waals surface area (Å²) in [6, 6.07) is 12.1. The smallest absolute Gasteiger partial charge is 0.252 e. The number of methoxy groups -OCH3 is 2. The van der Waals surface area contributed by atoms with E-state index >= 15 is 0 Å². The molecular formula is C38H49N2O4+. The fraction of sp³-hybridized carbons (Fsp3) is 0.500. The molecule has 0 spiro atoms. The first-order valence-corrected chi connectivity index (χ1v) is 16.0. The van der Waals surface area contributed by atoms with E-state index in [1.165, 1.54) is 5.56 Å². The molecular weight excluding hydrogens is 548 g/mol. The Bertz CT molecular complexity index is 1770. The minimum Gasteiger partial charge on any atom is -0.495 e. The maximum absolute atomic E-state index is 13.9. The summed E-state index contributed by atoms with van der Waals surface area (Å²) in [5.41, 5.74) is 4.31. The second-order valence-electron chi connectivity index (χ2n) is 14.4. The molecule has 0 amide bonds. The largest absolute Gasteiger partial charge is 0.495 e. The first-order chi connectivity index (χ1) is 20.7. The number of rotatable bonds is 10. The molecule has 44 heavy (non-hydrogen) atoms. The average Bonchev–Trinajstić information content (AvgIpc) is 3.34. The van der Waals surface area contributed by atoms with Crippen LogP contribution < -0.4 is 35.7 Å². The summed E-state index contributed by atoms with van der Waals surface area (Å²) in [5.74, 6) is 2.64. The van der Waals surface area contributed by atoms with E-state index in [1.807, 2.05) is 36.4 Å². The first kappa shape index (κ1) is 31.7. The summed E-state index contributed by atoms with van der Waals surface area (Å²) in [4.78, 5) is 30.0. The number of benzene rings is 2. The third-order valence-corrected chi connectivity index (χ3v) is 9.83. The van der Waals surface area contributed by atoms with Crippen molar-refractivity contribution in [2.24, 2.45) is 11.8 Å². The summed E-state index contributed by atoms with van der Waals surface area (Å²) in [5, 5.41) is 0.552. The second-order valence-corrected chi connectivity index (χ2v) is 14.4. The Balaban J connectivity index is 1.66. The van der Waals surface area contributed by atoms with Crippen LogP contribution in [0.4, 0.5) is 11.4 Å². The van der Waals surface area contributed by atoms with Crippen molar-refractivity contribution in [1.29, 1.82) is 0 Å². The normalized spacial score (nSPS) is 18.3. The fourth-order valence-corrected chi connectivity index (χ4v) is 7.09. The molecule has 0 aromatic heterocycles. The molecule has 2 aliphatic heterocycles. The summed E-state index contributed by atoms with van der Waals surface area (Å²) in [6.07, 6.45) is 5.75. The van der Waals surface area contributed by atoms with E-state index in [0.717, 1.165) is 60.1 Å². The molecule has 0 saturated heterocycles. The predicted octanol–water partition coefficient (Wildman–Crippen LogP) is 5.20. The lowest BCUT2D eigenvalue weighted by atomic mass is 9.79. The zero-order chi connectivity index (χ0) is 32.1. The maximum atomic E-state index is 13.9. The van der Waals surface area contributed by atoms with Crippen molar-refractivity contribution in [3.05, 3.63) is 78.4 Å². The van der Waals surface area contributed by atoms with Gasteiger partial charge in [-0.3, -0.25) is 9.59 Å². The van der Waals surface area contributed by atoms with Crippen molar-refractivity contribution in [3.8, 4) is 11.5 Å². The van der Waals surface area contributed by atoms with E-state index in [2.05, 4.69) is 77.0 Å². The standard InChI is InChI=1S/C38H49N2O4/c1-23(2)17-19-39-31(37(5,6)27-13-11-15-29(43-9)33(27)39)21-25-35(41)26(36(25)42)22-32-38(7,8)28-14-12-16-30(44-10)34(28)40(32)20-18-24(3)4/h11-16,21-24,31H,17-20H2,1-10H3/q+1. The first-order valence-electron chi connectivity index (χ1n) is 16.0. The number of anilines is 1. The Morgan fingerprint density at radius 1 is 0.841 bits per heavy atom. The molecule has 0 aliphatic carbocycles. The highest BCUT2D eigenvalue weighted by Crippen LogP contribution is 2.50. The van der Waals surface area contributed by atoms with Crippen LogP contribution in [0.3, 0.4) is 0 Å². The summed E-state index contributed by atoms with van der Waals surface area (Å²) in [7, 11) is 3.39. The highest BCUT2D eigenvalue weighted by atomic mass is 16.5. The lowest BCUT2D eigenvalue weighted by Gasteiger charge is -2.33. The van der Waals surface area contributed by atoms with Crippen LogP contribution in [-0.4, -0.2) is 43.6 Å². The highest BCUT2D eigenvalue weighted by Gasteiger charge is 2.47. The molecule has 0 saturated carbocycles. The molecule has 0 bridgehead atoms. The van der Waals surface area contributed by atoms with Gasteiger partial charge in [-0.05, 0) is 55.9 Å². The van der Waals surface area contributed by atoms with Gasteiger partial charge < -0.3 is 14.4 Å². The fourth-order valence-electron chi connectivity index (χ4n) is 7.09. The Morgan fingerprint density at radius 2 is 1.43 bits per heavy atom. The van der Waals surface area contributed by atoms with Crippen LogP contribution in [0.15, 0.2) is 46.0 Å². The third-order valence-electron chi connectivity index (χ3n) is 9.83. The van der Waals surface area contributed by atoms with E-state index in [-0.39, 0.29) is 32.8 Å². The third kappa shape index (κ3) is 5.10. The Kier molecular flexibility index (Phi) is 8.43. The van der Waals surface area contributed by atoms with Gasteiger partial charge in [-0.1, -0.05) is 65.8 Å². The van der Waals surface area contributed by atoms with E-state index in [4.69, 9.17) is 9.47 Å². The molecule has 6 nitrogen and oxygen atoms in total. The van der Waals surface area contributed by atoms with Crippen molar-refractivity contribution >= 4 is 29.2 Å². The topological polar surface area (TPSA) is 58.9 Å². The molecule has 234 valence electrons. The van der Waals surface area contributed by atoms with Gasteiger partial charge in [0, 0.05) is 30.0 Å².